The lowest BCUT2D eigenvalue weighted by Gasteiger charge is -2.06. The quantitative estimate of drug-likeness (QED) is 0.855. The predicted octanol–water partition coefficient (Wildman–Crippen LogP) is 1.64. The summed E-state index contributed by atoms with van der Waals surface area (Å²) in [5.41, 5.74) is 0. The van der Waals surface area contributed by atoms with Crippen LogP contribution < -0.4 is 5.32 Å². The molecule has 2 aromatic rings. The molecule has 0 radical (unpaired) electrons. The molecule has 1 aliphatic rings. The first kappa shape index (κ1) is 9.99. The molecular weight excluding hydrogens is 220 g/mol. The largest absolute Gasteiger partial charge is 0.327 e. The average molecular weight is 234 g/mol. The van der Waals surface area contributed by atoms with Gasteiger partial charge < -0.3 is 9.88 Å². The molecule has 0 saturated heterocycles. The van der Waals surface area contributed by atoms with Gasteiger partial charge in [-0.1, -0.05) is 0 Å². The molecule has 16 heavy (non-hydrogen) atoms. The van der Waals surface area contributed by atoms with Crippen LogP contribution in [0.3, 0.4) is 0 Å². The minimum Gasteiger partial charge on any atom is -0.327 e. The zero-order valence-corrected chi connectivity index (χ0v) is 9.78. The van der Waals surface area contributed by atoms with Crippen molar-refractivity contribution in [2.45, 2.75) is 32.0 Å². The lowest BCUT2D eigenvalue weighted by Crippen LogP contribution is -2.19. The van der Waals surface area contributed by atoms with Gasteiger partial charge in [-0.05, 0) is 12.8 Å². The van der Waals surface area contributed by atoms with Crippen LogP contribution in [0, 0.1) is 0 Å². The van der Waals surface area contributed by atoms with Gasteiger partial charge in [0.2, 0.25) is 0 Å². The summed E-state index contributed by atoms with van der Waals surface area (Å²) in [6.45, 7) is 1.70. The fraction of sp³-hybridized carbons (Fsp3) is 0.455. The van der Waals surface area contributed by atoms with Crippen molar-refractivity contribution in [3.63, 3.8) is 0 Å². The third-order valence-corrected chi connectivity index (χ3v) is 3.48. The van der Waals surface area contributed by atoms with Gasteiger partial charge in [-0.2, -0.15) is 0 Å². The number of hydrogen-bond donors (Lipinski definition) is 1. The van der Waals surface area contributed by atoms with Gasteiger partial charge in [0.1, 0.15) is 10.8 Å². The van der Waals surface area contributed by atoms with Crippen LogP contribution >= 0.6 is 11.3 Å². The minimum absolute atomic E-state index is 0.727. The minimum atomic E-state index is 0.727. The molecule has 1 aliphatic carbocycles. The molecule has 0 aliphatic heterocycles. The Morgan fingerprint density at radius 3 is 3.06 bits per heavy atom. The van der Waals surface area contributed by atoms with Crippen molar-refractivity contribution in [3.05, 3.63) is 34.8 Å². The molecule has 2 heterocycles. The molecule has 3 rings (SSSR count). The number of aromatic nitrogens is 3. The Bertz CT molecular complexity index is 444. The summed E-state index contributed by atoms with van der Waals surface area (Å²) in [5.74, 6) is 1.10. The maximum absolute atomic E-state index is 4.37. The molecule has 5 heteroatoms. The maximum Gasteiger partial charge on any atom is 0.123 e. The van der Waals surface area contributed by atoms with E-state index in [1.807, 2.05) is 24.0 Å². The average Bonchev–Trinajstić information content (AvgIpc) is 2.79. The van der Waals surface area contributed by atoms with Crippen molar-refractivity contribution in [1.29, 1.82) is 0 Å². The highest BCUT2D eigenvalue weighted by Crippen LogP contribution is 2.19. The van der Waals surface area contributed by atoms with Crippen molar-refractivity contribution in [2.75, 3.05) is 0 Å². The van der Waals surface area contributed by atoms with Crippen LogP contribution in [0.25, 0.3) is 0 Å². The molecule has 4 nitrogen and oxygen atoms in total. The van der Waals surface area contributed by atoms with Crippen LogP contribution in [-0.4, -0.2) is 20.6 Å². The van der Waals surface area contributed by atoms with Crippen molar-refractivity contribution in [2.24, 2.45) is 0 Å². The van der Waals surface area contributed by atoms with Crippen LogP contribution in [0.1, 0.15) is 23.7 Å². The predicted molar refractivity (Wildman–Crippen MR) is 63.3 cm³/mol. The molecule has 0 spiro atoms. The Labute approximate surface area is 98.4 Å². The fourth-order valence-corrected chi connectivity index (χ4v) is 2.27. The van der Waals surface area contributed by atoms with Gasteiger partial charge in [-0.25, -0.2) is 9.97 Å². The van der Waals surface area contributed by atoms with E-state index in [2.05, 4.69) is 19.9 Å². The Kier molecular flexibility index (Phi) is 2.71. The summed E-state index contributed by atoms with van der Waals surface area (Å²) >= 11 is 1.69. The SMILES string of the molecule is c1csc(Cn2ccnc2CNC2CC2)n1. The van der Waals surface area contributed by atoms with Crippen LogP contribution in [0.5, 0.6) is 0 Å². The highest BCUT2D eigenvalue weighted by Gasteiger charge is 2.20. The molecule has 1 saturated carbocycles. The van der Waals surface area contributed by atoms with Crippen molar-refractivity contribution >= 4 is 11.3 Å². The van der Waals surface area contributed by atoms with Gasteiger partial charge in [-0.3, -0.25) is 0 Å². The van der Waals surface area contributed by atoms with Gasteiger partial charge in [0.15, 0.2) is 0 Å². The number of thiazole rings is 1. The number of nitrogens with zero attached hydrogens (tertiary/aromatic N) is 3. The van der Waals surface area contributed by atoms with E-state index in [0.717, 1.165) is 30.0 Å². The van der Waals surface area contributed by atoms with E-state index in [-0.39, 0.29) is 0 Å². The second kappa shape index (κ2) is 4.35. The normalized spacial score (nSPS) is 15.5. The second-order valence-corrected chi connectivity index (χ2v) is 5.03. The summed E-state index contributed by atoms with van der Waals surface area (Å²) < 4.78 is 2.16. The standard InChI is InChI=1S/C11H14N4S/c1-2-9(1)14-7-10-12-3-5-15(10)8-11-13-4-6-16-11/h3-6,9,14H,1-2,7-8H2. The monoisotopic (exact) mass is 234 g/mol. The molecule has 0 aromatic carbocycles. The summed E-state index contributed by atoms with van der Waals surface area (Å²) in [6.07, 6.45) is 8.35. The first-order valence-electron chi connectivity index (χ1n) is 5.53. The molecule has 84 valence electrons. The topological polar surface area (TPSA) is 42.7 Å². The molecule has 0 atom stereocenters. The zero-order valence-electron chi connectivity index (χ0n) is 8.97. The van der Waals surface area contributed by atoms with Crippen molar-refractivity contribution in [1.82, 2.24) is 19.9 Å². The van der Waals surface area contributed by atoms with E-state index in [4.69, 9.17) is 0 Å². The summed E-state index contributed by atoms with van der Waals surface area (Å²) in [5, 5.41) is 6.62. The summed E-state index contributed by atoms with van der Waals surface area (Å²) in [6, 6.07) is 0.727. The van der Waals surface area contributed by atoms with Gasteiger partial charge in [0.05, 0.1) is 13.1 Å². The lowest BCUT2D eigenvalue weighted by molar-refractivity contribution is 0.618. The molecule has 2 aromatic heterocycles. The lowest BCUT2D eigenvalue weighted by atomic mass is 10.5. The summed E-state index contributed by atoms with van der Waals surface area (Å²) in [7, 11) is 0. The summed E-state index contributed by atoms with van der Waals surface area (Å²) in [4.78, 5) is 8.66. The smallest absolute Gasteiger partial charge is 0.123 e. The molecular formula is C11H14N4S. The first-order chi connectivity index (χ1) is 7.92. The van der Waals surface area contributed by atoms with Gasteiger partial charge >= 0.3 is 0 Å². The van der Waals surface area contributed by atoms with E-state index in [9.17, 15) is 0 Å². The number of hydrogen-bond acceptors (Lipinski definition) is 4. The van der Waals surface area contributed by atoms with E-state index >= 15 is 0 Å². The first-order valence-corrected chi connectivity index (χ1v) is 6.41. The van der Waals surface area contributed by atoms with Gasteiger partial charge in [0, 0.05) is 30.0 Å². The Hall–Kier alpha value is -1.20. The van der Waals surface area contributed by atoms with Crippen molar-refractivity contribution < 1.29 is 0 Å². The van der Waals surface area contributed by atoms with Crippen molar-refractivity contribution in [3.8, 4) is 0 Å². The van der Waals surface area contributed by atoms with Crippen LogP contribution in [-0.2, 0) is 13.1 Å². The van der Waals surface area contributed by atoms with Gasteiger partial charge in [0.25, 0.3) is 0 Å². The van der Waals surface area contributed by atoms with Crippen LogP contribution in [0.15, 0.2) is 24.0 Å². The molecule has 0 unspecified atom stereocenters. The van der Waals surface area contributed by atoms with Gasteiger partial charge in [-0.15, -0.1) is 11.3 Å². The molecule has 1 N–H and O–H groups in total. The molecule has 0 bridgehead atoms. The van der Waals surface area contributed by atoms with E-state index in [0.29, 0.717) is 0 Å². The highest BCUT2D eigenvalue weighted by atomic mass is 32.1. The Balaban J connectivity index is 1.66. The maximum atomic E-state index is 4.37. The fourth-order valence-electron chi connectivity index (χ4n) is 1.65. The highest BCUT2D eigenvalue weighted by molar-refractivity contribution is 7.09. The number of imidazole rings is 1. The Morgan fingerprint density at radius 2 is 2.31 bits per heavy atom. The number of nitrogens with one attached hydrogen (secondary N) is 1. The van der Waals surface area contributed by atoms with E-state index in [1.54, 1.807) is 11.3 Å². The van der Waals surface area contributed by atoms with E-state index < -0.39 is 0 Å². The number of rotatable bonds is 5. The molecule has 1 fully saturated rings. The second-order valence-electron chi connectivity index (χ2n) is 4.05. The van der Waals surface area contributed by atoms with E-state index in [1.165, 1.54) is 12.8 Å². The third-order valence-electron chi connectivity index (χ3n) is 2.72. The third kappa shape index (κ3) is 2.31. The van der Waals surface area contributed by atoms with Crippen LogP contribution in [0.4, 0.5) is 0 Å². The molecule has 0 amide bonds. The Morgan fingerprint density at radius 1 is 1.38 bits per heavy atom. The van der Waals surface area contributed by atoms with Crippen LogP contribution in [0.2, 0.25) is 0 Å². The zero-order chi connectivity index (χ0) is 10.8.